The summed E-state index contributed by atoms with van der Waals surface area (Å²) in [5.41, 5.74) is 2.15. The molecule has 1 N–H and O–H groups in total. The summed E-state index contributed by atoms with van der Waals surface area (Å²) < 4.78 is 1.96. The van der Waals surface area contributed by atoms with Gasteiger partial charge in [0, 0.05) is 30.9 Å². The SMILES string of the molecule is CCN(CC)[C@@H]1CCN(C(=O)N[C@H](C)Cn2nc(C)cc2C)C1. The highest BCUT2D eigenvalue weighted by atomic mass is 16.2. The summed E-state index contributed by atoms with van der Waals surface area (Å²) in [4.78, 5) is 16.8. The van der Waals surface area contributed by atoms with E-state index in [0.717, 1.165) is 44.0 Å². The van der Waals surface area contributed by atoms with Crippen molar-refractivity contribution in [3.63, 3.8) is 0 Å². The van der Waals surface area contributed by atoms with Crippen molar-refractivity contribution < 1.29 is 4.79 Å². The molecule has 6 nitrogen and oxygen atoms in total. The van der Waals surface area contributed by atoms with Crippen molar-refractivity contribution in [2.24, 2.45) is 0 Å². The zero-order chi connectivity index (χ0) is 17.0. The Bertz CT molecular complexity index is 523. The Kier molecular flexibility index (Phi) is 6.04. The van der Waals surface area contributed by atoms with E-state index < -0.39 is 0 Å². The first-order chi connectivity index (χ1) is 10.9. The molecule has 1 aromatic heterocycles. The van der Waals surface area contributed by atoms with Crippen molar-refractivity contribution in [3.05, 3.63) is 17.5 Å². The maximum absolute atomic E-state index is 12.4. The fourth-order valence-corrected chi connectivity index (χ4v) is 3.43. The van der Waals surface area contributed by atoms with Crippen LogP contribution in [0.25, 0.3) is 0 Å². The van der Waals surface area contributed by atoms with Gasteiger partial charge < -0.3 is 10.2 Å². The van der Waals surface area contributed by atoms with Crippen LogP contribution in [0.5, 0.6) is 0 Å². The Morgan fingerprint density at radius 2 is 2.13 bits per heavy atom. The van der Waals surface area contributed by atoms with Crippen LogP contribution in [0.1, 0.15) is 38.6 Å². The van der Waals surface area contributed by atoms with Gasteiger partial charge in [0.15, 0.2) is 0 Å². The standard InChI is InChI=1S/C17H31N5O/c1-6-20(7-2)16-8-9-21(12-16)17(23)18-14(4)11-22-15(5)10-13(3)19-22/h10,14,16H,6-9,11-12H2,1-5H3,(H,18,23)/t14-,16-/m1/s1. The Morgan fingerprint density at radius 1 is 1.43 bits per heavy atom. The molecule has 0 saturated carbocycles. The molecule has 1 aliphatic heterocycles. The largest absolute Gasteiger partial charge is 0.334 e. The van der Waals surface area contributed by atoms with Crippen molar-refractivity contribution >= 4 is 6.03 Å². The van der Waals surface area contributed by atoms with Gasteiger partial charge in [-0.2, -0.15) is 5.10 Å². The quantitative estimate of drug-likeness (QED) is 0.872. The minimum Gasteiger partial charge on any atom is -0.334 e. The lowest BCUT2D eigenvalue weighted by atomic mass is 10.2. The number of likely N-dealkylation sites (N-methyl/N-ethyl adjacent to an activating group) is 1. The summed E-state index contributed by atoms with van der Waals surface area (Å²) in [5.74, 6) is 0. The molecular formula is C17H31N5O. The maximum atomic E-state index is 12.4. The van der Waals surface area contributed by atoms with Gasteiger partial charge in [0.25, 0.3) is 0 Å². The van der Waals surface area contributed by atoms with Gasteiger partial charge in [-0.05, 0) is 46.3 Å². The summed E-state index contributed by atoms with van der Waals surface area (Å²) in [6.07, 6.45) is 1.07. The van der Waals surface area contributed by atoms with Gasteiger partial charge >= 0.3 is 6.03 Å². The lowest BCUT2D eigenvalue weighted by Gasteiger charge is -2.26. The number of carbonyl (C=O) groups is 1. The number of aryl methyl sites for hydroxylation is 2. The Labute approximate surface area is 139 Å². The van der Waals surface area contributed by atoms with Crippen LogP contribution in [0.15, 0.2) is 6.07 Å². The topological polar surface area (TPSA) is 53.4 Å². The summed E-state index contributed by atoms with van der Waals surface area (Å²) in [6, 6.07) is 2.67. The van der Waals surface area contributed by atoms with E-state index in [4.69, 9.17) is 0 Å². The third kappa shape index (κ3) is 4.47. The van der Waals surface area contributed by atoms with Crippen LogP contribution in [0.2, 0.25) is 0 Å². The van der Waals surface area contributed by atoms with Crippen LogP contribution in [0, 0.1) is 13.8 Å². The highest BCUT2D eigenvalue weighted by Gasteiger charge is 2.29. The zero-order valence-corrected chi connectivity index (χ0v) is 15.2. The molecule has 1 aliphatic rings. The summed E-state index contributed by atoms with van der Waals surface area (Å²) in [7, 11) is 0. The number of carbonyl (C=O) groups excluding carboxylic acids is 1. The molecule has 1 aromatic rings. The molecule has 0 aromatic carbocycles. The predicted molar refractivity (Wildman–Crippen MR) is 92.6 cm³/mol. The van der Waals surface area contributed by atoms with Gasteiger partial charge in [-0.1, -0.05) is 13.8 Å². The number of nitrogens with one attached hydrogen (secondary N) is 1. The average molecular weight is 321 g/mol. The van der Waals surface area contributed by atoms with Crippen LogP contribution in [0.3, 0.4) is 0 Å². The lowest BCUT2D eigenvalue weighted by Crippen LogP contribution is -2.46. The first-order valence-electron chi connectivity index (χ1n) is 8.75. The van der Waals surface area contributed by atoms with E-state index in [1.807, 2.05) is 30.4 Å². The molecule has 0 unspecified atom stereocenters. The third-order valence-electron chi connectivity index (χ3n) is 4.70. The highest BCUT2D eigenvalue weighted by Crippen LogP contribution is 2.15. The first kappa shape index (κ1) is 17.8. The van der Waals surface area contributed by atoms with Crippen LogP contribution < -0.4 is 5.32 Å². The molecule has 6 heteroatoms. The molecule has 2 heterocycles. The monoisotopic (exact) mass is 321 g/mol. The molecule has 0 spiro atoms. The van der Waals surface area contributed by atoms with E-state index in [1.54, 1.807) is 0 Å². The van der Waals surface area contributed by atoms with E-state index in [-0.39, 0.29) is 12.1 Å². The molecule has 0 aliphatic carbocycles. The first-order valence-corrected chi connectivity index (χ1v) is 8.75. The van der Waals surface area contributed by atoms with Crippen LogP contribution in [-0.2, 0) is 6.54 Å². The van der Waals surface area contributed by atoms with Gasteiger partial charge in [-0.25, -0.2) is 4.79 Å². The molecule has 2 rings (SSSR count). The van der Waals surface area contributed by atoms with Gasteiger partial charge in [-0.3, -0.25) is 9.58 Å². The van der Waals surface area contributed by atoms with E-state index in [9.17, 15) is 4.79 Å². The zero-order valence-electron chi connectivity index (χ0n) is 15.2. The second-order valence-electron chi connectivity index (χ2n) is 6.57. The molecule has 2 atom stereocenters. The normalized spacial score (nSPS) is 19.4. The predicted octanol–water partition coefficient (Wildman–Crippen LogP) is 2.01. The second kappa shape index (κ2) is 7.81. The molecule has 2 amide bonds. The lowest BCUT2D eigenvalue weighted by molar-refractivity contribution is 0.189. The number of rotatable bonds is 6. The average Bonchev–Trinajstić information content (AvgIpc) is 3.08. The number of nitrogens with zero attached hydrogens (tertiary/aromatic N) is 4. The molecule has 23 heavy (non-hydrogen) atoms. The number of urea groups is 1. The van der Waals surface area contributed by atoms with Gasteiger partial charge in [-0.15, -0.1) is 0 Å². The molecule has 130 valence electrons. The smallest absolute Gasteiger partial charge is 0.317 e. The van der Waals surface area contributed by atoms with Crippen molar-refractivity contribution in [3.8, 4) is 0 Å². The van der Waals surface area contributed by atoms with Gasteiger partial charge in [0.05, 0.1) is 12.2 Å². The summed E-state index contributed by atoms with van der Waals surface area (Å²) in [5, 5.41) is 7.57. The molecule has 1 saturated heterocycles. The van der Waals surface area contributed by atoms with E-state index >= 15 is 0 Å². The van der Waals surface area contributed by atoms with Gasteiger partial charge in [0.1, 0.15) is 0 Å². The number of amides is 2. The van der Waals surface area contributed by atoms with Crippen molar-refractivity contribution in [2.45, 2.75) is 59.7 Å². The van der Waals surface area contributed by atoms with E-state index in [2.05, 4.69) is 35.2 Å². The molecule has 1 fully saturated rings. The summed E-state index contributed by atoms with van der Waals surface area (Å²) in [6.45, 7) is 14.9. The van der Waals surface area contributed by atoms with Crippen LogP contribution in [0.4, 0.5) is 4.79 Å². The highest BCUT2D eigenvalue weighted by molar-refractivity contribution is 5.74. The van der Waals surface area contributed by atoms with Crippen molar-refractivity contribution in [1.82, 2.24) is 24.9 Å². The second-order valence-corrected chi connectivity index (χ2v) is 6.57. The molecule has 0 radical (unpaired) electrons. The van der Waals surface area contributed by atoms with E-state index in [1.165, 1.54) is 0 Å². The molecule has 0 bridgehead atoms. The Morgan fingerprint density at radius 3 is 2.70 bits per heavy atom. The van der Waals surface area contributed by atoms with Gasteiger partial charge in [0.2, 0.25) is 0 Å². The van der Waals surface area contributed by atoms with Crippen LogP contribution >= 0.6 is 0 Å². The fourth-order valence-electron chi connectivity index (χ4n) is 3.43. The maximum Gasteiger partial charge on any atom is 0.317 e. The fraction of sp³-hybridized carbons (Fsp3) is 0.765. The van der Waals surface area contributed by atoms with Crippen LogP contribution in [-0.4, -0.2) is 63.9 Å². The number of hydrogen-bond donors (Lipinski definition) is 1. The Balaban J connectivity index is 1.83. The third-order valence-corrected chi connectivity index (χ3v) is 4.70. The number of likely N-dealkylation sites (tertiary alicyclic amines) is 1. The minimum absolute atomic E-state index is 0.0497. The molecular weight excluding hydrogens is 290 g/mol. The summed E-state index contributed by atoms with van der Waals surface area (Å²) >= 11 is 0. The minimum atomic E-state index is 0.0497. The van der Waals surface area contributed by atoms with Crippen molar-refractivity contribution in [1.29, 1.82) is 0 Å². The number of aromatic nitrogens is 2. The number of hydrogen-bond acceptors (Lipinski definition) is 3. The van der Waals surface area contributed by atoms with Crippen molar-refractivity contribution in [2.75, 3.05) is 26.2 Å². The van der Waals surface area contributed by atoms with E-state index in [0.29, 0.717) is 12.6 Å². The Hall–Kier alpha value is -1.56.